The molecule has 1 N–H and O–H groups in total. The normalized spacial score (nSPS) is 19.7. The van der Waals surface area contributed by atoms with Crippen LogP contribution in [0.1, 0.15) is 36.7 Å². The fourth-order valence-corrected chi connectivity index (χ4v) is 2.94. The van der Waals surface area contributed by atoms with Gasteiger partial charge in [-0.3, -0.25) is 4.79 Å². The second kappa shape index (κ2) is 6.85. The number of hydrogen-bond acceptors (Lipinski definition) is 4. The van der Waals surface area contributed by atoms with E-state index in [-0.39, 0.29) is 5.91 Å². The van der Waals surface area contributed by atoms with E-state index in [0.717, 1.165) is 32.6 Å². The fourth-order valence-electron chi connectivity index (χ4n) is 2.42. The number of carbonyl (C=O) groups excluding carboxylic acids is 1. The summed E-state index contributed by atoms with van der Waals surface area (Å²) in [6, 6.07) is 0. The van der Waals surface area contributed by atoms with Crippen LogP contribution in [0, 0.1) is 5.92 Å². The molecule has 1 amide bonds. The summed E-state index contributed by atoms with van der Waals surface area (Å²) in [7, 11) is 0. The van der Waals surface area contributed by atoms with E-state index in [1.807, 2.05) is 10.3 Å². The van der Waals surface area contributed by atoms with E-state index in [4.69, 9.17) is 0 Å². The quantitative estimate of drug-likeness (QED) is 0.887. The standard InChI is InChI=1S/C13H21N3OS/c1-2-6-16(8-11-4-3-5-14-7-11)13(17)12-9-18-10-15-12/h9-11,14H,2-8H2,1H3. The summed E-state index contributed by atoms with van der Waals surface area (Å²) in [5.74, 6) is 0.677. The summed E-state index contributed by atoms with van der Waals surface area (Å²) in [4.78, 5) is 18.4. The van der Waals surface area contributed by atoms with E-state index in [1.54, 1.807) is 5.51 Å². The summed E-state index contributed by atoms with van der Waals surface area (Å²) in [5.41, 5.74) is 2.32. The third-order valence-electron chi connectivity index (χ3n) is 3.31. The van der Waals surface area contributed by atoms with Crippen molar-refractivity contribution in [2.75, 3.05) is 26.2 Å². The zero-order valence-electron chi connectivity index (χ0n) is 10.9. The van der Waals surface area contributed by atoms with Crippen LogP contribution in [-0.2, 0) is 0 Å². The maximum atomic E-state index is 12.3. The number of rotatable bonds is 5. The van der Waals surface area contributed by atoms with Crippen LogP contribution in [0.5, 0.6) is 0 Å². The number of amides is 1. The van der Waals surface area contributed by atoms with E-state index in [2.05, 4.69) is 17.2 Å². The van der Waals surface area contributed by atoms with Gasteiger partial charge in [0.1, 0.15) is 5.69 Å². The van der Waals surface area contributed by atoms with Crippen LogP contribution in [0.2, 0.25) is 0 Å². The Morgan fingerprint density at radius 1 is 1.67 bits per heavy atom. The molecule has 5 heteroatoms. The summed E-state index contributed by atoms with van der Waals surface area (Å²) in [6.07, 6.45) is 3.43. The lowest BCUT2D eigenvalue weighted by Crippen LogP contribution is -2.41. The largest absolute Gasteiger partial charge is 0.337 e. The zero-order valence-corrected chi connectivity index (χ0v) is 11.7. The second-order valence-corrected chi connectivity index (χ2v) is 5.56. The number of carbonyl (C=O) groups is 1. The van der Waals surface area contributed by atoms with Crippen molar-refractivity contribution in [1.29, 1.82) is 0 Å². The van der Waals surface area contributed by atoms with Crippen LogP contribution in [0.15, 0.2) is 10.9 Å². The molecule has 1 fully saturated rings. The topological polar surface area (TPSA) is 45.2 Å². The Bertz CT molecular complexity index is 360. The highest BCUT2D eigenvalue weighted by molar-refractivity contribution is 7.07. The molecule has 0 bridgehead atoms. The Balaban J connectivity index is 1.96. The van der Waals surface area contributed by atoms with Gasteiger partial charge in [-0.25, -0.2) is 4.98 Å². The minimum Gasteiger partial charge on any atom is -0.337 e. The van der Waals surface area contributed by atoms with Crippen LogP contribution < -0.4 is 5.32 Å². The van der Waals surface area contributed by atoms with E-state index >= 15 is 0 Å². The average molecular weight is 267 g/mol. The Labute approximate surface area is 112 Å². The Morgan fingerprint density at radius 2 is 2.56 bits per heavy atom. The van der Waals surface area contributed by atoms with Crippen molar-refractivity contribution < 1.29 is 4.79 Å². The average Bonchev–Trinajstić information content (AvgIpc) is 2.92. The molecular formula is C13H21N3OS. The Hall–Kier alpha value is -0.940. The fraction of sp³-hybridized carbons (Fsp3) is 0.692. The summed E-state index contributed by atoms with van der Waals surface area (Å²) >= 11 is 1.48. The van der Waals surface area contributed by atoms with Gasteiger partial charge in [-0.2, -0.15) is 0 Å². The predicted octanol–water partition coefficient (Wildman–Crippen LogP) is 1.99. The highest BCUT2D eigenvalue weighted by atomic mass is 32.1. The molecule has 1 aliphatic rings. The third kappa shape index (κ3) is 3.53. The Morgan fingerprint density at radius 3 is 3.17 bits per heavy atom. The first kappa shape index (κ1) is 13.5. The molecule has 1 saturated heterocycles. The summed E-state index contributed by atoms with van der Waals surface area (Å²) < 4.78 is 0. The zero-order chi connectivity index (χ0) is 12.8. The van der Waals surface area contributed by atoms with Gasteiger partial charge in [0.2, 0.25) is 0 Å². The molecule has 0 aromatic carbocycles. The van der Waals surface area contributed by atoms with Crippen molar-refractivity contribution in [3.05, 3.63) is 16.6 Å². The second-order valence-electron chi connectivity index (χ2n) is 4.84. The monoisotopic (exact) mass is 267 g/mol. The first-order valence-corrected chi connectivity index (χ1v) is 7.63. The molecule has 0 aliphatic carbocycles. The minimum absolute atomic E-state index is 0.0867. The number of piperidine rings is 1. The van der Waals surface area contributed by atoms with E-state index in [0.29, 0.717) is 11.6 Å². The van der Waals surface area contributed by atoms with Gasteiger partial charge in [-0.05, 0) is 38.3 Å². The molecule has 0 radical (unpaired) electrons. The maximum Gasteiger partial charge on any atom is 0.273 e. The lowest BCUT2D eigenvalue weighted by molar-refractivity contribution is 0.0713. The molecule has 1 unspecified atom stereocenters. The van der Waals surface area contributed by atoms with Gasteiger partial charge >= 0.3 is 0 Å². The predicted molar refractivity (Wildman–Crippen MR) is 73.9 cm³/mol. The lowest BCUT2D eigenvalue weighted by Gasteiger charge is -2.29. The molecule has 0 saturated carbocycles. The first-order chi connectivity index (χ1) is 8.81. The molecule has 1 aromatic rings. The molecule has 2 heterocycles. The molecule has 100 valence electrons. The van der Waals surface area contributed by atoms with Crippen LogP contribution in [0.25, 0.3) is 0 Å². The van der Waals surface area contributed by atoms with Gasteiger partial charge in [0.15, 0.2) is 0 Å². The van der Waals surface area contributed by atoms with Crippen molar-refractivity contribution >= 4 is 17.2 Å². The van der Waals surface area contributed by atoms with Crippen LogP contribution in [0.3, 0.4) is 0 Å². The molecule has 1 aromatic heterocycles. The molecule has 1 aliphatic heterocycles. The number of nitrogens with one attached hydrogen (secondary N) is 1. The van der Waals surface area contributed by atoms with Gasteiger partial charge in [-0.1, -0.05) is 6.92 Å². The minimum atomic E-state index is 0.0867. The van der Waals surface area contributed by atoms with Crippen molar-refractivity contribution in [1.82, 2.24) is 15.2 Å². The van der Waals surface area contributed by atoms with Crippen molar-refractivity contribution in [2.45, 2.75) is 26.2 Å². The molecule has 18 heavy (non-hydrogen) atoms. The summed E-state index contributed by atoms with van der Waals surface area (Å²) in [6.45, 7) is 5.94. The van der Waals surface area contributed by atoms with Gasteiger partial charge in [0, 0.05) is 18.5 Å². The number of aromatic nitrogens is 1. The van der Waals surface area contributed by atoms with Gasteiger partial charge in [0.25, 0.3) is 5.91 Å². The lowest BCUT2D eigenvalue weighted by atomic mass is 9.99. The van der Waals surface area contributed by atoms with E-state index < -0.39 is 0 Å². The number of hydrogen-bond donors (Lipinski definition) is 1. The van der Waals surface area contributed by atoms with E-state index in [9.17, 15) is 4.79 Å². The van der Waals surface area contributed by atoms with Crippen molar-refractivity contribution in [3.63, 3.8) is 0 Å². The SMILES string of the molecule is CCCN(CC1CCCNC1)C(=O)c1cscn1. The molecule has 1 atom stereocenters. The highest BCUT2D eigenvalue weighted by Gasteiger charge is 2.22. The first-order valence-electron chi connectivity index (χ1n) is 6.69. The van der Waals surface area contributed by atoms with E-state index in [1.165, 1.54) is 24.2 Å². The van der Waals surface area contributed by atoms with Gasteiger partial charge in [0.05, 0.1) is 5.51 Å². The van der Waals surface area contributed by atoms with Crippen LogP contribution in [-0.4, -0.2) is 42.0 Å². The number of thiazole rings is 1. The Kier molecular flexibility index (Phi) is 5.13. The van der Waals surface area contributed by atoms with Crippen molar-refractivity contribution in [2.24, 2.45) is 5.92 Å². The molecule has 4 nitrogen and oxygen atoms in total. The smallest absolute Gasteiger partial charge is 0.273 e. The molecule has 0 spiro atoms. The molecular weight excluding hydrogens is 246 g/mol. The third-order valence-corrected chi connectivity index (χ3v) is 3.90. The van der Waals surface area contributed by atoms with Crippen LogP contribution in [0.4, 0.5) is 0 Å². The van der Waals surface area contributed by atoms with Crippen LogP contribution >= 0.6 is 11.3 Å². The van der Waals surface area contributed by atoms with Crippen molar-refractivity contribution in [3.8, 4) is 0 Å². The van der Waals surface area contributed by atoms with Gasteiger partial charge < -0.3 is 10.2 Å². The maximum absolute atomic E-state index is 12.3. The van der Waals surface area contributed by atoms with Gasteiger partial charge in [-0.15, -0.1) is 11.3 Å². The molecule has 2 rings (SSSR count). The highest BCUT2D eigenvalue weighted by Crippen LogP contribution is 2.14. The number of nitrogens with zero attached hydrogens (tertiary/aromatic N) is 2. The summed E-state index contributed by atoms with van der Waals surface area (Å²) in [5, 5.41) is 5.24.